The molecule has 0 saturated heterocycles. The Morgan fingerprint density at radius 1 is 0.667 bits per heavy atom. The maximum absolute atomic E-state index is 6.08. The average molecular weight is 379 g/mol. The maximum atomic E-state index is 6.08. The molecule has 0 bridgehead atoms. The van der Waals surface area contributed by atoms with Crippen LogP contribution in [0.4, 0.5) is 0 Å². The fraction of sp³-hybridized carbons (Fsp3) is 0.760. The van der Waals surface area contributed by atoms with E-state index in [9.17, 15) is 0 Å². The summed E-state index contributed by atoms with van der Waals surface area (Å²) in [7, 11) is 0. The Hall–Kier alpha value is -0.860. The standard InChI is InChI=1S/C25H46O2/c1-5-9-11-13-15-17-21-26-23-25(19-7-3,20-8-4)24-27-22-18-16-14-12-10-6-2/h5-7H,1-3,8-24H2,4H3. The van der Waals surface area contributed by atoms with Crippen molar-refractivity contribution in [1.82, 2.24) is 0 Å². The molecule has 2 nitrogen and oxygen atoms in total. The van der Waals surface area contributed by atoms with Gasteiger partial charge in [0.2, 0.25) is 0 Å². The van der Waals surface area contributed by atoms with E-state index in [0.717, 1.165) is 71.4 Å². The third kappa shape index (κ3) is 15.9. The van der Waals surface area contributed by atoms with Gasteiger partial charge in [-0.1, -0.05) is 57.3 Å². The van der Waals surface area contributed by atoms with Crippen LogP contribution in [0.2, 0.25) is 0 Å². The lowest BCUT2D eigenvalue weighted by Crippen LogP contribution is -2.32. The number of hydrogen-bond acceptors (Lipinski definition) is 2. The second kappa shape index (κ2) is 19.9. The molecule has 0 aromatic carbocycles. The van der Waals surface area contributed by atoms with Crippen LogP contribution >= 0.6 is 0 Å². The molecule has 0 N–H and O–H groups in total. The van der Waals surface area contributed by atoms with Crippen LogP contribution in [0, 0.1) is 5.41 Å². The largest absolute Gasteiger partial charge is 0.381 e. The van der Waals surface area contributed by atoms with Gasteiger partial charge in [-0.3, -0.25) is 0 Å². The molecule has 0 radical (unpaired) electrons. The molecular weight excluding hydrogens is 332 g/mol. The molecule has 0 spiro atoms. The van der Waals surface area contributed by atoms with E-state index < -0.39 is 0 Å². The molecule has 0 fully saturated rings. The predicted molar refractivity (Wildman–Crippen MR) is 120 cm³/mol. The number of rotatable bonds is 22. The molecule has 0 saturated carbocycles. The van der Waals surface area contributed by atoms with Gasteiger partial charge in [0, 0.05) is 18.6 Å². The monoisotopic (exact) mass is 378 g/mol. The Labute approximate surface area is 170 Å². The van der Waals surface area contributed by atoms with Crippen LogP contribution in [0.5, 0.6) is 0 Å². The fourth-order valence-electron chi connectivity index (χ4n) is 3.51. The van der Waals surface area contributed by atoms with Crippen molar-refractivity contribution >= 4 is 0 Å². The minimum atomic E-state index is 0.0994. The van der Waals surface area contributed by atoms with Crippen molar-refractivity contribution in [2.45, 2.75) is 90.4 Å². The molecule has 0 rings (SSSR count). The summed E-state index contributed by atoms with van der Waals surface area (Å²) in [6.45, 7) is 17.1. The van der Waals surface area contributed by atoms with Crippen LogP contribution in [0.25, 0.3) is 0 Å². The Balaban J connectivity index is 4.05. The van der Waals surface area contributed by atoms with E-state index in [4.69, 9.17) is 9.47 Å². The Kier molecular flexibility index (Phi) is 19.3. The Morgan fingerprint density at radius 3 is 1.56 bits per heavy atom. The zero-order valence-electron chi connectivity index (χ0n) is 18.2. The number of allylic oxidation sites excluding steroid dienone is 3. The smallest absolute Gasteiger partial charge is 0.0547 e. The van der Waals surface area contributed by atoms with Crippen LogP contribution in [0.3, 0.4) is 0 Å². The summed E-state index contributed by atoms with van der Waals surface area (Å²) in [4.78, 5) is 0. The molecule has 0 aliphatic heterocycles. The lowest BCUT2D eigenvalue weighted by Gasteiger charge is -2.32. The zero-order chi connectivity index (χ0) is 20.1. The second-order valence-electron chi connectivity index (χ2n) is 7.83. The summed E-state index contributed by atoms with van der Waals surface area (Å²) in [6.07, 6.45) is 21.4. The van der Waals surface area contributed by atoms with Crippen molar-refractivity contribution in [3.05, 3.63) is 38.0 Å². The van der Waals surface area contributed by atoms with Gasteiger partial charge in [-0.15, -0.1) is 19.7 Å². The van der Waals surface area contributed by atoms with Crippen molar-refractivity contribution in [3.8, 4) is 0 Å². The first-order valence-corrected chi connectivity index (χ1v) is 11.2. The van der Waals surface area contributed by atoms with Gasteiger partial charge in [-0.2, -0.15) is 0 Å². The molecule has 0 aromatic rings. The maximum Gasteiger partial charge on any atom is 0.0547 e. The highest BCUT2D eigenvalue weighted by Gasteiger charge is 2.28. The van der Waals surface area contributed by atoms with Gasteiger partial charge in [0.25, 0.3) is 0 Å². The average Bonchev–Trinajstić information content (AvgIpc) is 2.66. The molecule has 158 valence electrons. The molecule has 0 unspecified atom stereocenters. The molecular formula is C25H46O2. The van der Waals surface area contributed by atoms with Gasteiger partial charge in [0.15, 0.2) is 0 Å². The van der Waals surface area contributed by atoms with E-state index in [0.29, 0.717) is 0 Å². The van der Waals surface area contributed by atoms with E-state index in [1.807, 2.05) is 18.2 Å². The minimum Gasteiger partial charge on any atom is -0.381 e. The molecule has 0 amide bonds. The lowest BCUT2D eigenvalue weighted by molar-refractivity contribution is -0.0280. The van der Waals surface area contributed by atoms with Crippen molar-refractivity contribution in [1.29, 1.82) is 0 Å². The lowest BCUT2D eigenvalue weighted by atomic mass is 9.81. The van der Waals surface area contributed by atoms with Gasteiger partial charge in [0.1, 0.15) is 0 Å². The Bertz CT molecular complexity index is 324. The van der Waals surface area contributed by atoms with E-state index in [2.05, 4.69) is 26.7 Å². The molecule has 0 heterocycles. The topological polar surface area (TPSA) is 18.5 Å². The quantitative estimate of drug-likeness (QED) is 0.142. The van der Waals surface area contributed by atoms with Crippen molar-refractivity contribution in [2.75, 3.05) is 26.4 Å². The van der Waals surface area contributed by atoms with Crippen LogP contribution in [0.15, 0.2) is 38.0 Å². The highest BCUT2D eigenvalue weighted by molar-refractivity contribution is 4.86. The van der Waals surface area contributed by atoms with Crippen molar-refractivity contribution in [3.63, 3.8) is 0 Å². The minimum absolute atomic E-state index is 0.0994. The number of ether oxygens (including phenoxy) is 2. The summed E-state index contributed by atoms with van der Waals surface area (Å²) < 4.78 is 12.2. The summed E-state index contributed by atoms with van der Waals surface area (Å²) in [5, 5.41) is 0. The number of hydrogen-bond donors (Lipinski definition) is 0. The summed E-state index contributed by atoms with van der Waals surface area (Å²) in [6, 6.07) is 0. The zero-order valence-corrected chi connectivity index (χ0v) is 18.2. The second-order valence-corrected chi connectivity index (χ2v) is 7.83. The molecule has 0 atom stereocenters. The third-order valence-corrected chi connectivity index (χ3v) is 5.07. The predicted octanol–water partition coefficient (Wildman–Crippen LogP) is 7.66. The normalized spacial score (nSPS) is 11.4. The highest BCUT2D eigenvalue weighted by atomic mass is 16.5. The number of unbranched alkanes of at least 4 members (excludes halogenated alkanes) is 8. The third-order valence-electron chi connectivity index (χ3n) is 5.07. The van der Waals surface area contributed by atoms with Crippen LogP contribution < -0.4 is 0 Å². The molecule has 0 aliphatic rings. The molecule has 0 aromatic heterocycles. The van der Waals surface area contributed by atoms with Gasteiger partial charge in [-0.05, 0) is 51.4 Å². The van der Waals surface area contributed by atoms with E-state index in [-0.39, 0.29) is 5.41 Å². The van der Waals surface area contributed by atoms with Gasteiger partial charge in [0.05, 0.1) is 13.2 Å². The first-order chi connectivity index (χ1) is 13.2. The summed E-state index contributed by atoms with van der Waals surface area (Å²) >= 11 is 0. The van der Waals surface area contributed by atoms with Crippen LogP contribution in [-0.2, 0) is 9.47 Å². The van der Waals surface area contributed by atoms with Gasteiger partial charge < -0.3 is 9.47 Å². The van der Waals surface area contributed by atoms with Crippen molar-refractivity contribution < 1.29 is 9.47 Å². The van der Waals surface area contributed by atoms with Gasteiger partial charge >= 0.3 is 0 Å². The molecule has 0 aliphatic carbocycles. The summed E-state index contributed by atoms with van der Waals surface area (Å²) in [5.41, 5.74) is 0.0994. The van der Waals surface area contributed by atoms with E-state index in [1.54, 1.807) is 0 Å². The molecule has 27 heavy (non-hydrogen) atoms. The van der Waals surface area contributed by atoms with Crippen molar-refractivity contribution in [2.24, 2.45) is 5.41 Å². The van der Waals surface area contributed by atoms with Crippen LogP contribution in [-0.4, -0.2) is 26.4 Å². The SMILES string of the molecule is C=CCCCCCCOCC(CC=C)(CCC)COCCCCCCC=C. The first kappa shape index (κ1) is 26.1. The highest BCUT2D eigenvalue weighted by Crippen LogP contribution is 2.30. The summed E-state index contributed by atoms with van der Waals surface area (Å²) in [5.74, 6) is 0. The van der Waals surface area contributed by atoms with Crippen LogP contribution in [0.1, 0.15) is 90.4 Å². The molecule has 2 heteroatoms. The van der Waals surface area contributed by atoms with E-state index in [1.165, 1.54) is 38.5 Å². The Morgan fingerprint density at radius 2 is 1.15 bits per heavy atom. The van der Waals surface area contributed by atoms with Gasteiger partial charge in [-0.25, -0.2) is 0 Å². The fourth-order valence-corrected chi connectivity index (χ4v) is 3.51. The van der Waals surface area contributed by atoms with E-state index >= 15 is 0 Å². The first-order valence-electron chi connectivity index (χ1n) is 11.2.